The summed E-state index contributed by atoms with van der Waals surface area (Å²) in [5, 5.41) is 46.7. The molecule has 0 spiro atoms. The Balaban J connectivity index is 0.00000353. The van der Waals surface area contributed by atoms with Gasteiger partial charge in [0.15, 0.2) is 0 Å². The third-order valence-corrected chi connectivity index (χ3v) is 10.1. The van der Waals surface area contributed by atoms with Crippen LogP contribution in [0.25, 0.3) is 0 Å². The van der Waals surface area contributed by atoms with Gasteiger partial charge in [-0.2, -0.15) is 9.59 Å². The number of rotatable bonds is 21. The zero-order valence-corrected chi connectivity index (χ0v) is 37.0. The van der Waals surface area contributed by atoms with Crippen LogP contribution in [0.4, 0.5) is 5.69 Å². The van der Waals surface area contributed by atoms with Gasteiger partial charge in [-0.15, -0.1) is 5.10 Å². The Kier molecular flexibility index (Phi) is 20.5. The lowest BCUT2D eigenvalue weighted by atomic mass is 9.93. The van der Waals surface area contributed by atoms with E-state index in [0.717, 1.165) is 17.1 Å². The molecule has 0 radical (unpaired) electrons. The fraction of sp³-hybridized carbons (Fsp3) is 0.595. The number of amides is 5. The van der Waals surface area contributed by atoms with E-state index in [-0.39, 0.29) is 38.6 Å². The van der Waals surface area contributed by atoms with E-state index < -0.39 is 89.4 Å². The van der Waals surface area contributed by atoms with Gasteiger partial charge in [0.25, 0.3) is 11.8 Å². The van der Waals surface area contributed by atoms with Crippen LogP contribution in [0.2, 0.25) is 0 Å². The number of nitrogens with zero attached hydrogens (tertiary/aromatic N) is 4. The Labute approximate surface area is 370 Å². The first-order valence-electron chi connectivity index (χ1n) is 20.6. The molecule has 1 unspecified atom stereocenters. The Morgan fingerprint density at radius 2 is 1.61 bits per heavy atom. The zero-order chi connectivity index (χ0) is 47.7. The molecule has 22 heteroatoms. The smallest absolute Gasteiger partial charge is 0.373 e. The van der Waals surface area contributed by atoms with Gasteiger partial charge in [-0.3, -0.25) is 33.7 Å². The molecule has 4 rings (SSSR count). The topological polar surface area (TPSA) is 304 Å². The largest absolute Gasteiger partial charge is 0.460 e. The van der Waals surface area contributed by atoms with Crippen LogP contribution in [0, 0.1) is 11.3 Å². The number of ether oxygens (including phenoxy) is 4. The van der Waals surface area contributed by atoms with Gasteiger partial charge in [0.2, 0.25) is 17.7 Å². The van der Waals surface area contributed by atoms with Crippen molar-refractivity contribution in [2.24, 2.45) is 11.3 Å². The number of esters is 1. The van der Waals surface area contributed by atoms with E-state index in [9.17, 15) is 44.1 Å². The molecule has 1 aromatic heterocycles. The highest BCUT2D eigenvalue weighted by molar-refractivity contribution is 6.15. The average molecular weight is 902 g/mol. The minimum Gasteiger partial charge on any atom is -0.460 e. The third kappa shape index (κ3) is 15.5. The summed E-state index contributed by atoms with van der Waals surface area (Å²) >= 11 is 0. The fourth-order valence-corrected chi connectivity index (χ4v) is 6.42. The number of carbonyl (C=O) groups excluding carboxylic acids is 8. The second-order valence-electron chi connectivity index (χ2n) is 16.5. The number of anilines is 1. The molecule has 3 heterocycles. The number of aliphatic hydroxyl groups excluding tert-OH is 3. The molecule has 5 amide bonds. The summed E-state index contributed by atoms with van der Waals surface area (Å²) in [4.78, 5) is 96.1. The van der Waals surface area contributed by atoms with Gasteiger partial charge in [0.1, 0.15) is 43.0 Å². The van der Waals surface area contributed by atoms with Crippen molar-refractivity contribution >= 4 is 47.3 Å². The number of imide groups is 1. The summed E-state index contributed by atoms with van der Waals surface area (Å²) in [6.07, 6.45) is -0.532. The fourth-order valence-electron chi connectivity index (χ4n) is 6.42. The molecule has 1 aromatic carbocycles. The average Bonchev–Trinajstić information content (AvgIpc) is 3.83. The maximum absolute atomic E-state index is 13.9. The summed E-state index contributed by atoms with van der Waals surface area (Å²) in [5.41, 5.74) is 1.16. The molecular formula is C42H59N7O15. The van der Waals surface area contributed by atoms with E-state index in [2.05, 4.69) is 26.3 Å². The van der Waals surface area contributed by atoms with Crippen LogP contribution in [0.15, 0.2) is 36.5 Å². The Hall–Kier alpha value is -5.74. The molecule has 0 bridgehead atoms. The van der Waals surface area contributed by atoms with E-state index in [4.69, 9.17) is 28.5 Å². The summed E-state index contributed by atoms with van der Waals surface area (Å²) in [6.45, 7) is 11.2. The molecule has 6 N–H and O–H groups in total. The molecule has 0 saturated carbocycles. The van der Waals surface area contributed by atoms with Gasteiger partial charge in [0, 0.05) is 37.6 Å². The van der Waals surface area contributed by atoms with Crippen LogP contribution in [-0.4, -0.2) is 153 Å². The van der Waals surface area contributed by atoms with Crippen LogP contribution in [0.3, 0.4) is 0 Å². The standard InChI is InChI=1S/C41H59N7O13.CO2/c1-23(2)34(44-38(55)29(48-32(50)12-13-33(48)51)19-28-20-47(46-45-28)14-15-59-17-16-58-7)39(56)42-24(3)37(54)43-27-10-8-26(21-61-40(57)41(4,5)6)25(18-27)9-11-31-36(53)35(52)30(49)22-60-31;2-1-3/h8,10,12-13,18,20,23-24,29-31,34-36,49,52-53H,9,11,14-17,19,21-22H2,1-7H3,(H,42,56)(H,43,54)(H,44,55);/t24-,29?,30+,31-,34-,35-,36-;/m0./s1. The van der Waals surface area contributed by atoms with Crippen molar-refractivity contribution in [3.8, 4) is 0 Å². The predicted octanol–water partition coefficient (Wildman–Crippen LogP) is -1.02. The van der Waals surface area contributed by atoms with Crippen LogP contribution in [0.5, 0.6) is 0 Å². The van der Waals surface area contributed by atoms with Crippen LogP contribution in [0.1, 0.15) is 64.8 Å². The molecule has 22 nitrogen and oxygen atoms in total. The molecule has 2 aliphatic heterocycles. The van der Waals surface area contributed by atoms with Crippen molar-refractivity contribution in [3.63, 3.8) is 0 Å². The van der Waals surface area contributed by atoms with Crippen molar-refractivity contribution < 1.29 is 72.6 Å². The van der Waals surface area contributed by atoms with Gasteiger partial charge >= 0.3 is 12.1 Å². The quantitative estimate of drug-likeness (QED) is 0.0496. The lowest BCUT2D eigenvalue weighted by Crippen LogP contribution is -2.58. The first kappa shape index (κ1) is 52.6. The number of aromatic nitrogens is 3. The van der Waals surface area contributed by atoms with Gasteiger partial charge in [-0.25, -0.2) is 4.68 Å². The number of hydrogen-bond acceptors (Lipinski definition) is 17. The van der Waals surface area contributed by atoms with Gasteiger partial charge in [0.05, 0.1) is 50.2 Å². The maximum atomic E-state index is 13.9. The molecule has 0 aliphatic carbocycles. The van der Waals surface area contributed by atoms with Gasteiger partial charge in [-0.05, 0) is 69.7 Å². The molecule has 2 aromatic rings. The minimum absolute atomic E-state index is 0.0768. The number of hydrogen-bond donors (Lipinski definition) is 6. The zero-order valence-electron chi connectivity index (χ0n) is 37.0. The van der Waals surface area contributed by atoms with Crippen molar-refractivity contribution in [3.05, 3.63) is 53.4 Å². The highest BCUT2D eigenvalue weighted by Gasteiger charge is 2.40. The van der Waals surface area contributed by atoms with Crippen LogP contribution < -0.4 is 16.0 Å². The summed E-state index contributed by atoms with van der Waals surface area (Å²) in [7, 11) is 1.56. The van der Waals surface area contributed by atoms with E-state index in [0.29, 0.717) is 48.9 Å². The second kappa shape index (κ2) is 24.9. The first-order valence-corrected chi connectivity index (χ1v) is 20.6. The van der Waals surface area contributed by atoms with Gasteiger partial charge in [-0.1, -0.05) is 25.1 Å². The van der Waals surface area contributed by atoms with Crippen molar-refractivity contribution in [1.29, 1.82) is 0 Å². The number of carbonyl (C=O) groups is 6. The maximum Gasteiger partial charge on any atom is 0.373 e. The lowest BCUT2D eigenvalue weighted by Gasteiger charge is -2.35. The lowest BCUT2D eigenvalue weighted by molar-refractivity contribution is -0.191. The van der Waals surface area contributed by atoms with Crippen molar-refractivity contribution in [1.82, 2.24) is 30.5 Å². The summed E-state index contributed by atoms with van der Waals surface area (Å²) in [5.74, 6) is -4.44. The molecule has 7 atom stereocenters. The van der Waals surface area contributed by atoms with Gasteiger partial charge < -0.3 is 50.2 Å². The molecule has 1 fully saturated rings. The van der Waals surface area contributed by atoms with Crippen LogP contribution >= 0.6 is 0 Å². The number of aryl methyl sites for hydroxylation is 1. The number of methoxy groups -OCH3 is 1. The van der Waals surface area contributed by atoms with E-state index in [1.807, 2.05) is 0 Å². The Bertz CT molecular complexity index is 1970. The monoisotopic (exact) mass is 901 g/mol. The first-order chi connectivity index (χ1) is 30.2. The number of aliphatic hydroxyl groups is 3. The second-order valence-corrected chi connectivity index (χ2v) is 16.5. The molecular weight excluding hydrogens is 842 g/mol. The molecule has 1 saturated heterocycles. The van der Waals surface area contributed by atoms with E-state index >= 15 is 0 Å². The summed E-state index contributed by atoms with van der Waals surface area (Å²) < 4.78 is 23.0. The normalized spacial score (nSPS) is 19.8. The summed E-state index contributed by atoms with van der Waals surface area (Å²) in [6, 6.07) is 1.25. The van der Waals surface area contributed by atoms with E-state index in [1.165, 1.54) is 11.6 Å². The third-order valence-electron chi connectivity index (χ3n) is 10.1. The molecule has 64 heavy (non-hydrogen) atoms. The minimum atomic E-state index is -1.38. The van der Waals surface area contributed by atoms with E-state index in [1.54, 1.807) is 66.1 Å². The van der Waals surface area contributed by atoms with Crippen molar-refractivity contribution in [2.45, 2.75) is 116 Å². The number of nitrogens with one attached hydrogen (secondary N) is 3. The highest BCUT2D eigenvalue weighted by Crippen LogP contribution is 2.25. The molecule has 352 valence electrons. The Morgan fingerprint density at radius 1 is 0.938 bits per heavy atom. The van der Waals surface area contributed by atoms with Crippen molar-refractivity contribution in [2.75, 3.05) is 38.9 Å². The predicted molar refractivity (Wildman–Crippen MR) is 221 cm³/mol. The number of benzene rings is 1. The highest BCUT2D eigenvalue weighted by atomic mass is 16.5. The van der Waals surface area contributed by atoms with Crippen LogP contribution in [-0.2, 0) is 83.3 Å². The Morgan fingerprint density at radius 3 is 2.23 bits per heavy atom. The molecule has 2 aliphatic rings. The SMILES string of the molecule is COCCOCCn1cc(CC(C(=O)N[C@H](C(=O)N[C@@H](C)C(=O)Nc2ccc(COC(=O)C(C)(C)C)c(CC[C@@H]3OC[C@@H](O)[C@H](O)[C@H]3O)c2)C(C)C)N2C(=O)C=CC2=O)nn1.O=C=O.